The molecule has 5 nitrogen and oxygen atoms in total. The van der Waals surface area contributed by atoms with Crippen LogP contribution in [0.5, 0.6) is 0 Å². The second-order valence-electron chi connectivity index (χ2n) is 6.56. The molecule has 0 heterocycles. The minimum absolute atomic E-state index is 0.0183. The van der Waals surface area contributed by atoms with Gasteiger partial charge in [-0.3, -0.25) is 9.59 Å². The SMILES string of the molecule is C/C=C/[C@H]1CC(C(=O)OC)(C(=O)OC)C[C@H]1O[Si](CC)(CC)CC. The molecule has 24 heavy (non-hydrogen) atoms. The molecule has 0 amide bonds. The molecule has 1 aliphatic rings. The Hall–Kier alpha value is -1.14. The van der Waals surface area contributed by atoms with Gasteiger partial charge >= 0.3 is 11.9 Å². The smallest absolute Gasteiger partial charge is 0.323 e. The predicted molar refractivity (Wildman–Crippen MR) is 96.1 cm³/mol. The lowest BCUT2D eigenvalue weighted by atomic mass is 9.85. The van der Waals surface area contributed by atoms with E-state index in [1.54, 1.807) is 0 Å². The molecule has 0 aliphatic heterocycles. The maximum absolute atomic E-state index is 12.4. The Morgan fingerprint density at radius 3 is 1.92 bits per heavy atom. The quantitative estimate of drug-likeness (QED) is 0.287. The van der Waals surface area contributed by atoms with Crippen molar-refractivity contribution in [3.63, 3.8) is 0 Å². The fourth-order valence-corrected chi connectivity index (χ4v) is 6.71. The fraction of sp³-hybridized carbons (Fsp3) is 0.778. The first-order valence-corrected chi connectivity index (χ1v) is 11.4. The molecule has 0 aromatic rings. The van der Waals surface area contributed by atoms with Crippen LogP contribution in [-0.2, 0) is 23.5 Å². The summed E-state index contributed by atoms with van der Waals surface area (Å²) in [5, 5.41) is 0. The van der Waals surface area contributed by atoms with Crippen LogP contribution in [0.25, 0.3) is 0 Å². The van der Waals surface area contributed by atoms with Gasteiger partial charge in [-0.15, -0.1) is 0 Å². The topological polar surface area (TPSA) is 61.8 Å². The van der Waals surface area contributed by atoms with E-state index in [2.05, 4.69) is 20.8 Å². The number of hydrogen-bond acceptors (Lipinski definition) is 5. The van der Waals surface area contributed by atoms with Crippen LogP contribution < -0.4 is 0 Å². The maximum Gasteiger partial charge on any atom is 0.323 e. The summed E-state index contributed by atoms with van der Waals surface area (Å²) in [5.41, 5.74) is -1.26. The highest BCUT2D eigenvalue weighted by molar-refractivity contribution is 6.73. The van der Waals surface area contributed by atoms with Gasteiger partial charge in [-0.25, -0.2) is 0 Å². The van der Waals surface area contributed by atoms with Crippen LogP contribution in [0.4, 0.5) is 0 Å². The van der Waals surface area contributed by atoms with Crippen molar-refractivity contribution in [2.45, 2.75) is 64.8 Å². The summed E-state index contributed by atoms with van der Waals surface area (Å²) in [5.74, 6) is -1.02. The van der Waals surface area contributed by atoms with E-state index in [-0.39, 0.29) is 12.0 Å². The second-order valence-corrected chi connectivity index (χ2v) is 11.3. The lowest BCUT2D eigenvalue weighted by Gasteiger charge is -2.33. The highest BCUT2D eigenvalue weighted by Crippen LogP contribution is 2.47. The Morgan fingerprint density at radius 1 is 1.04 bits per heavy atom. The number of hydrogen-bond donors (Lipinski definition) is 0. The minimum Gasteiger partial charge on any atom is -0.468 e. The summed E-state index contributed by atoms with van der Waals surface area (Å²) in [6.45, 7) is 8.46. The molecule has 0 aromatic heterocycles. The van der Waals surface area contributed by atoms with Gasteiger partial charge < -0.3 is 13.9 Å². The van der Waals surface area contributed by atoms with Gasteiger partial charge in [-0.05, 0) is 37.9 Å². The molecule has 0 N–H and O–H groups in total. The standard InChI is InChI=1S/C18H32O5Si/c1-7-11-14-12-18(16(19)21-5,17(20)22-6)13-15(14)23-24(8-2,9-3)10-4/h7,11,14-15H,8-10,12-13H2,1-6H3/b11-7+/t14-,15+/m0/s1. The van der Waals surface area contributed by atoms with Crippen molar-refractivity contribution in [3.8, 4) is 0 Å². The fourth-order valence-electron chi connectivity index (χ4n) is 3.81. The van der Waals surface area contributed by atoms with Crippen LogP contribution in [0.3, 0.4) is 0 Å². The molecule has 0 radical (unpaired) electrons. The summed E-state index contributed by atoms with van der Waals surface area (Å²) in [7, 11) is 0.785. The molecule has 1 saturated carbocycles. The monoisotopic (exact) mass is 356 g/mol. The van der Waals surface area contributed by atoms with Crippen molar-refractivity contribution in [1.82, 2.24) is 0 Å². The number of ether oxygens (including phenoxy) is 2. The first-order valence-electron chi connectivity index (χ1n) is 8.86. The van der Waals surface area contributed by atoms with E-state index >= 15 is 0 Å². The molecule has 0 unspecified atom stereocenters. The average molecular weight is 357 g/mol. The Kier molecular flexibility index (Phi) is 7.67. The third-order valence-corrected chi connectivity index (χ3v) is 10.2. The van der Waals surface area contributed by atoms with Crippen molar-refractivity contribution in [1.29, 1.82) is 0 Å². The Labute approximate surface area is 146 Å². The van der Waals surface area contributed by atoms with Gasteiger partial charge in [0.05, 0.1) is 20.3 Å². The zero-order valence-electron chi connectivity index (χ0n) is 15.9. The summed E-state index contributed by atoms with van der Waals surface area (Å²) < 4.78 is 16.5. The van der Waals surface area contributed by atoms with E-state index in [0.29, 0.717) is 12.8 Å². The Morgan fingerprint density at radius 2 is 1.54 bits per heavy atom. The zero-order valence-corrected chi connectivity index (χ0v) is 16.9. The summed E-state index contributed by atoms with van der Waals surface area (Å²) in [4.78, 5) is 24.8. The van der Waals surface area contributed by atoms with Gasteiger partial charge in [0.15, 0.2) is 13.7 Å². The highest BCUT2D eigenvalue weighted by Gasteiger charge is 2.58. The van der Waals surface area contributed by atoms with Crippen LogP contribution in [0, 0.1) is 11.3 Å². The van der Waals surface area contributed by atoms with Crippen molar-refractivity contribution in [2.24, 2.45) is 11.3 Å². The molecule has 6 heteroatoms. The normalized spacial score (nSPS) is 23.4. The number of allylic oxidation sites excluding steroid dienone is 1. The second kappa shape index (κ2) is 8.81. The molecule has 1 aliphatic carbocycles. The lowest BCUT2D eigenvalue weighted by molar-refractivity contribution is -0.169. The van der Waals surface area contributed by atoms with E-state index in [4.69, 9.17) is 13.9 Å². The van der Waals surface area contributed by atoms with Crippen LogP contribution in [0.15, 0.2) is 12.2 Å². The number of carbonyl (C=O) groups is 2. The van der Waals surface area contributed by atoms with Crippen LogP contribution >= 0.6 is 0 Å². The lowest BCUT2D eigenvalue weighted by Crippen LogP contribution is -2.43. The molecule has 2 atom stereocenters. The molecule has 1 fully saturated rings. The molecule has 0 spiro atoms. The van der Waals surface area contributed by atoms with Crippen molar-refractivity contribution in [3.05, 3.63) is 12.2 Å². The average Bonchev–Trinajstić information content (AvgIpc) is 2.98. The van der Waals surface area contributed by atoms with E-state index in [0.717, 1.165) is 18.1 Å². The first-order chi connectivity index (χ1) is 11.4. The molecule has 0 bridgehead atoms. The number of methoxy groups -OCH3 is 2. The zero-order chi connectivity index (χ0) is 18.4. The van der Waals surface area contributed by atoms with E-state index in [9.17, 15) is 9.59 Å². The highest BCUT2D eigenvalue weighted by atomic mass is 28.4. The molecular formula is C18H32O5Si. The van der Waals surface area contributed by atoms with E-state index in [1.165, 1.54) is 14.2 Å². The van der Waals surface area contributed by atoms with Gasteiger partial charge in [0, 0.05) is 5.92 Å². The number of rotatable bonds is 8. The summed E-state index contributed by atoms with van der Waals surface area (Å²) in [6.07, 6.45) is 4.56. The van der Waals surface area contributed by atoms with E-state index < -0.39 is 25.7 Å². The minimum atomic E-state index is -1.84. The first kappa shape index (κ1) is 20.9. The van der Waals surface area contributed by atoms with Crippen LogP contribution in [0.1, 0.15) is 40.5 Å². The summed E-state index contributed by atoms with van der Waals surface area (Å²) in [6, 6.07) is 3.09. The molecule has 1 rings (SSSR count). The van der Waals surface area contributed by atoms with Crippen LogP contribution in [0.2, 0.25) is 18.1 Å². The summed E-state index contributed by atoms with van der Waals surface area (Å²) >= 11 is 0. The predicted octanol–water partition coefficient (Wildman–Crippen LogP) is 3.70. The van der Waals surface area contributed by atoms with Crippen molar-refractivity contribution < 1.29 is 23.5 Å². The molecule has 0 saturated heterocycles. The number of carbonyl (C=O) groups excluding carboxylic acids is 2. The van der Waals surface area contributed by atoms with Gasteiger partial charge in [0.1, 0.15) is 0 Å². The Bertz CT molecular complexity index is 446. The van der Waals surface area contributed by atoms with Gasteiger partial charge in [0.25, 0.3) is 0 Å². The molecule has 138 valence electrons. The third kappa shape index (κ3) is 3.91. The van der Waals surface area contributed by atoms with Gasteiger partial charge in [-0.2, -0.15) is 0 Å². The molecule has 0 aromatic carbocycles. The maximum atomic E-state index is 12.4. The van der Waals surface area contributed by atoms with Gasteiger partial charge in [-0.1, -0.05) is 32.9 Å². The molecular weight excluding hydrogens is 324 g/mol. The van der Waals surface area contributed by atoms with Crippen LogP contribution in [-0.4, -0.2) is 40.6 Å². The number of esters is 2. The van der Waals surface area contributed by atoms with E-state index in [1.807, 2.05) is 19.1 Å². The van der Waals surface area contributed by atoms with Crippen molar-refractivity contribution >= 4 is 20.3 Å². The van der Waals surface area contributed by atoms with Crippen molar-refractivity contribution in [2.75, 3.05) is 14.2 Å². The third-order valence-electron chi connectivity index (χ3n) is 5.54. The Balaban J connectivity index is 3.20. The largest absolute Gasteiger partial charge is 0.468 e. The van der Waals surface area contributed by atoms with Gasteiger partial charge in [0.2, 0.25) is 0 Å².